The minimum Gasteiger partial charge on any atom is -0.388 e. The molecule has 0 aliphatic carbocycles. The van der Waals surface area contributed by atoms with Gasteiger partial charge in [0.15, 0.2) is 11.6 Å². The summed E-state index contributed by atoms with van der Waals surface area (Å²) in [4.78, 5) is 10.1. The highest BCUT2D eigenvalue weighted by Crippen LogP contribution is 2.25. The van der Waals surface area contributed by atoms with Crippen molar-refractivity contribution >= 4 is 38.8 Å². The number of hydrogen-bond acceptors (Lipinski definition) is 9. The van der Waals surface area contributed by atoms with Crippen LogP contribution in [0.1, 0.15) is 23.4 Å². The van der Waals surface area contributed by atoms with Crippen molar-refractivity contribution < 1.29 is 0 Å². The number of nitrogens with zero attached hydrogens (tertiary/aromatic N) is 3. The van der Waals surface area contributed by atoms with E-state index in [1.54, 1.807) is 17.5 Å². The van der Waals surface area contributed by atoms with Crippen LogP contribution in [-0.4, -0.2) is 45.8 Å². The monoisotopic (exact) mass is 399 g/mol. The maximum atomic E-state index is 6.02. The van der Waals surface area contributed by atoms with Gasteiger partial charge in [-0.15, -0.1) is 11.3 Å². The van der Waals surface area contributed by atoms with Crippen LogP contribution in [0, 0.1) is 0 Å². The second kappa shape index (κ2) is 8.55. The molecule has 4 rings (SSSR count). The fourth-order valence-electron chi connectivity index (χ4n) is 3.19. The third kappa shape index (κ3) is 4.24. The van der Waals surface area contributed by atoms with Crippen LogP contribution in [0.5, 0.6) is 0 Å². The molecule has 148 valence electrons. The largest absolute Gasteiger partial charge is 0.388 e. The molecule has 1 aliphatic rings. The maximum absolute atomic E-state index is 6.02. The van der Waals surface area contributed by atoms with E-state index < -0.39 is 0 Å². The zero-order chi connectivity index (χ0) is 19.3. The number of rotatable bonds is 7. The van der Waals surface area contributed by atoms with E-state index in [-0.39, 0.29) is 0 Å². The average Bonchev–Trinajstić information content (AvgIpc) is 3.31. The fraction of sp³-hybridized carbons (Fsp3) is 0.389. The number of thiophene rings is 1. The minimum absolute atomic E-state index is 0.371. The van der Waals surface area contributed by atoms with Crippen LogP contribution in [0.25, 0.3) is 15.8 Å². The lowest BCUT2D eigenvalue weighted by Crippen LogP contribution is -2.37. The highest BCUT2D eigenvalue weighted by molar-refractivity contribution is 7.19. The third-order valence-corrected chi connectivity index (χ3v) is 5.86. The lowest BCUT2D eigenvalue weighted by molar-refractivity contribution is 0.420. The number of nitrogen functional groups attached to an aromatic ring is 1. The molecule has 8 N–H and O–H groups in total. The van der Waals surface area contributed by atoms with Gasteiger partial charge in [-0.3, -0.25) is 5.10 Å². The van der Waals surface area contributed by atoms with E-state index in [1.807, 2.05) is 12.4 Å². The smallest absolute Gasteiger partial charge is 0.169 e. The molecular weight excluding hydrogens is 374 g/mol. The molecule has 10 heteroatoms. The molecule has 0 aromatic carbocycles. The van der Waals surface area contributed by atoms with Crippen LogP contribution in [0.3, 0.4) is 0 Å². The first kappa shape index (κ1) is 18.7. The summed E-state index contributed by atoms with van der Waals surface area (Å²) < 4.78 is 1.13. The number of nitrogens with one attached hydrogen (secondary N) is 4. The fourth-order valence-corrected chi connectivity index (χ4v) is 4.11. The zero-order valence-electron chi connectivity index (χ0n) is 15.5. The second-order valence-electron chi connectivity index (χ2n) is 6.77. The first-order valence-electron chi connectivity index (χ1n) is 9.37. The number of piperidine rings is 1. The molecular formula is C18H25N9S. The summed E-state index contributed by atoms with van der Waals surface area (Å²) in [6.45, 7) is 3.06. The summed E-state index contributed by atoms with van der Waals surface area (Å²) in [5.41, 5.74) is 14.6. The first-order valence-corrected chi connectivity index (χ1v) is 10.2. The van der Waals surface area contributed by atoms with E-state index in [0.29, 0.717) is 30.8 Å². The molecule has 0 bridgehead atoms. The number of anilines is 2. The summed E-state index contributed by atoms with van der Waals surface area (Å²) in [5.74, 6) is 0.934. The van der Waals surface area contributed by atoms with E-state index in [0.717, 1.165) is 52.3 Å². The first-order chi connectivity index (χ1) is 13.7. The van der Waals surface area contributed by atoms with Crippen LogP contribution >= 0.6 is 11.3 Å². The summed E-state index contributed by atoms with van der Waals surface area (Å²) >= 11 is 1.68. The zero-order valence-corrected chi connectivity index (χ0v) is 16.4. The Morgan fingerprint density at radius 1 is 1.32 bits per heavy atom. The second-order valence-corrected chi connectivity index (χ2v) is 7.94. The average molecular weight is 400 g/mol. The molecule has 0 radical (unpaired) electrons. The van der Waals surface area contributed by atoms with Crippen LogP contribution in [0.15, 0.2) is 24.7 Å². The topological polar surface area (TPSA) is 143 Å². The van der Waals surface area contributed by atoms with E-state index in [4.69, 9.17) is 11.5 Å². The molecule has 3 aromatic heterocycles. The Balaban J connectivity index is 1.45. The Morgan fingerprint density at radius 2 is 2.18 bits per heavy atom. The lowest BCUT2D eigenvalue weighted by Gasteiger charge is -2.23. The number of aromatic amines is 1. The quantitative estimate of drug-likeness (QED) is 0.348. The summed E-state index contributed by atoms with van der Waals surface area (Å²) in [7, 11) is 0. The van der Waals surface area contributed by atoms with Crippen LogP contribution < -0.4 is 27.4 Å². The van der Waals surface area contributed by atoms with Crippen molar-refractivity contribution in [2.45, 2.75) is 25.4 Å². The molecule has 0 saturated carbocycles. The van der Waals surface area contributed by atoms with E-state index >= 15 is 0 Å². The van der Waals surface area contributed by atoms with Gasteiger partial charge in [0.05, 0.1) is 34.8 Å². The number of hydrogen-bond donors (Lipinski definition) is 6. The van der Waals surface area contributed by atoms with Crippen molar-refractivity contribution in [1.82, 2.24) is 30.8 Å². The van der Waals surface area contributed by atoms with Crippen molar-refractivity contribution in [2.24, 2.45) is 5.73 Å². The molecule has 9 nitrogen and oxygen atoms in total. The van der Waals surface area contributed by atoms with Gasteiger partial charge in [-0.2, -0.15) is 5.10 Å². The van der Waals surface area contributed by atoms with Gasteiger partial charge in [0.1, 0.15) is 0 Å². The molecule has 0 spiro atoms. The normalized spacial score (nSPS) is 15.8. The Bertz CT molecular complexity index is 927. The van der Waals surface area contributed by atoms with Gasteiger partial charge in [-0.25, -0.2) is 9.97 Å². The highest BCUT2D eigenvalue weighted by atomic mass is 32.1. The van der Waals surface area contributed by atoms with Crippen LogP contribution in [0.2, 0.25) is 0 Å². The third-order valence-electron chi connectivity index (χ3n) is 4.79. The molecule has 1 fully saturated rings. The Labute approximate surface area is 167 Å². The van der Waals surface area contributed by atoms with Gasteiger partial charge in [0.2, 0.25) is 0 Å². The van der Waals surface area contributed by atoms with Crippen molar-refractivity contribution in [3.63, 3.8) is 0 Å². The molecule has 0 atom stereocenters. The number of fused-ring (bicyclic) bond motifs is 1. The SMILES string of the molecule is NC/C(=C\NC1CCNCC1)c1cnc(N)c(NCc2cc3[nH]ncc3s2)n1. The molecule has 0 amide bonds. The van der Waals surface area contributed by atoms with Crippen molar-refractivity contribution in [3.8, 4) is 0 Å². The van der Waals surface area contributed by atoms with Crippen molar-refractivity contribution in [1.29, 1.82) is 0 Å². The van der Waals surface area contributed by atoms with E-state index in [2.05, 4.69) is 42.2 Å². The number of H-pyrrole nitrogens is 1. The van der Waals surface area contributed by atoms with E-state index in [9.17, 15) is 0 Å². The number of nitrogens with two attached hydrogens (primary N) is 2. The molecule has 0 unspecified atom stereocenters. The minimum atomic E-state index is 0.371. The van der Waals surface area contributed by atoms with Gasteiger partial charge in [-0.05, 0) is 32.0 Å². The van der Waals surface area contributed by atoms with Crippen LogP contribution in [0.4, 0.5) is 11.6 Å². The summed E-state index contributed by atoms with van der Waals surface area (Å²) in [6.07, 6.45) is 7.65. The predicted molar refractivity (Wildman–Crippen MR) is 114 cm³/mol. The van der Waals surface area contributed by atoms with Crippen molar-refractivity contribution in [2.75, 3.05) is 30.7 Å². The molecule has 1 aliphatic heterocycles. The van der Waals surface area contributed by atoms with E-state index in [1.165, 1.54) is 0 Å². The predicted octanol–water partition coefficient (Wildman–Crippen LogP) is 1.25. The lowest BCUT2D eigenvalue weighted by atomic mass is 10.1. The maximum Gasteiger partial charge on any atom is 0.169 e. The molecule has 3 aromatic rings. The van der Waals surface area contributed by atoms with Gasteiger partial charge >= 0.3 is 0 Å². The standard InChI is InChI=1S/C18H25N9S/c19-6-11(7-22-12-1-3-21-4-2-12)15-9-23-17(20)18(26-15)24-8-13-5-14-16(28-13)10-25-27-14/h5,7,9-10,12,21-22H,1-4,6,8,19H2,(H2,20,23)(H,24,26)(H,25,27)/b11-7+. The Morgan fingerprint density at radius 3 is 2.96 bits per heavy atom. The Hall–Kier alpha value is -2.69. The highest BCUT2D eigenvalue weighted by Gasteiger charge is 2.13. The van der Waals surface area contributed by atoms with Gasteiger partial charge in [-0.1, -0.05) is 0 Å². The van der Waals surface area contributed by atoms with Crippen molar-refractivity contribution in [3.05, 3.63) is 35.2 Å². The van der Waals surface area contributed by atoms with Gasteiger partial charge in [0, 0.05) is 29.2 Å². The van der Waals surface area contributed by atoms with Crippen LogP contribution in [-0.2, 0) is 6.54 Å². The van der Waals surface area contributed by atoms with Gasteiger partial charge < -0.3 is 27.4 Å². The van der Waals surface area contributed by atoms with Gasteiger partial charge in [0.25, 0.3) is 0 Å². The molecule has 28 heavy (non-hydrogen) atoms. The Kier molecular flexibility index (Phi) is 5.70. The molecule has 1 saturated heterocycles. The summed E-state index contributed by atoms with van der Waals surface area (Å²) in [6, 6.07) is 2.53. The number of aromatic nitrogens is 4. The summed E-state index contributed by atoms with van der Waals surface area (Å²) in [5, 5.41) is 17.1. The molecule has 4 heterocycles.